The normalized spacial score (nSPS) is 22.5. The lowest BCUT2D eigenvalue weighted by molar-refractivity contribution is 0.302. The van der Waals surface area contributed by atoms with Crippen LogP contribution >= 0.6 is 0 Å². The van der Waals surface area contributed by atoms with E-state index in [0.29, 0.717) is 5.92 Å². The van der Waals surface area contributed by atoms with Gasteiger partial charge in [-0.05, 0) is 71.0 Å². The summed E-state index contributed by atoms with van der Waals surface area (Å²) < 4.78 is 0. The van der Waals surface area contributed by atoms with Gasteiger partial charge in [-0.25, -0.2) is 9.97 Å². The molecule has 1 heterocycles. The molecule has 1 fully saturated rings. The van der Waals surface area contributed by atoms with Gasteiger partial charge in [-0.1, -0.05) is 19.8 Å². The fourth-order valence-corrected chi connectivity index (χ4v) is 3.68. The first-order valence-corrected chi connectivity index (χ1v) is 8.64. The highest BCUT2D eigenvalue weighted by atomic mass is 14.9. The quantitative estimate of drug-likeness (QED) is 0.862. The highest BCUT2D eigenvalue weighted by Gasteiger charge is 2.24. The molecule has 2 rings (SSSR count). The predicted molar refractivity (Wildman–Crippen MR) is 88.7 cm³/mol. The number of hydrogen-bond donors (Lipinski definition) is 1. The summed E-state index contributed by atoms with van der Waals surface area (Å²) in [7, 11) is 1.99. The number of likely N-dealkylation sites (N-methyl/N-ethyl adjacent to an activating group) is 1. The number of nitrogens with one attached hydrogen (secondary N) is 1. The Morgan fingerprint density at radius 3 is 2.19 bits per heavy atom. The highest BCUT2D eigenvalue weighted by molar-refractivity contribution is 5.25. The average molecular weight is 289 g/mol. The van der Waals surface area contributed by atoms with Gasteiger partial charge >= 0.3 is 0 Å². The van der Waals surface area contributed by atoms with Crippen molar-refractivity contribution in [2.75, 3.05) is 13.6 Å². The van der Waals surface area contributed by atoms with Gasteiger partial charge in [-0.15, -0.1) is 0 Å². The average Bonchev–Trinajstić information content (AvgIpc) is 2.47. The molecule has 3 heteroatoms. The summed E-state index contributed by atoms with van der Waals surface area (Å²) in [5, 5.41) is 3.21. The maximum Gasteiger partial charge on any atom is 0.131 e. The molecule has 1 aromatic heterocycles. The van der Waals surface area contributed by atoms with Crippen LogP contribution in [0.25, 0.3) is 0 Å². The van der Waals surface area contributed by atoms with Crippen LogP contribution in [-0.4, -0.2) is 23.6 Å². The molecule has 0 atom stereocenters. The van der Waals surface area contributed by atoms with E-state index in [0.717, 1.165) is 24.7 Å². The van der Waals surface area contributed by atoms with Crippen LogP contribution in [0.2, 0.25) is 0 Å². The fraction of sp³-hybridized carbons (Fsp3) is 0.778. The first kappa shape index (κ1) is 16.4. The number of nitrogens with zero attached hydrogens (tertiary/aromatic N) is 2. The summed E-state index contributed by atoms with van der Waals surface area (Å²) in [6, 6.07) is 0. The molecule has 1 N–H and O–H groups in total. The molecule has 1 aliphatic carbocycles. The molecule has 0 aromatic carbocycles. The van der Waals surface area contributed by atoms with Crippen LogP contribution in [0.3, 0.4) is 0 Å². The van der Waals surface area contributed by atoms with Gasteiger partial charge in [-0.2, -0.15) is 0 Å². The second kappa shape index (κ2) is 7.88. The van der Waals surface area contributed by atoms with Crippen molar-refractivity contribution in [3.05, 3.63) is 22.8 Å². The summed E-state index contributed by atoms with van der Waals surface area (Å²) in [6.45, 7) is 7.58. The van der Waals surface area contributed by atoms with E-state index in [2.05, 4.69) is 26.1 Å². The third-order valence-electron chi connectivity index (χ3n) is 4.97. The molecule has 1 aliphatic rings. The van der Waals surface area contributed by atoms with Crippen molar-refractivity contribution >= 4 is 0 Å². The van der Waals surface area contributed by atoms with E-state index >= 15 is 0 Å². The van der Waals surface area contributed by atoms with Crippen molar-refractivity contribution < 1.29 is 0 Å². The summed E-state index contributed by atoms with van der Waals surface area (Å²) >= 11 is 0. The van der Waals surface area contributed by atoms with Crippen LogP contribution in [0.1, 0.15) is 74.1 Å². The Kier molecular flexibility index (Phi) is 6.16. The third kappa shape index (κ3) is 4.26. The van der Waals surface area contributed by atoms with Crippen LogP contribution in [-0.2, 0) is 6.42 Å². The molecule has 0 amide bonds. The predicted octanol–water partition coefficient (Wildman–Crippen LogP) is 3.93. The topological polar surface area (TPSA) is 37.8 Å². The van der Waals surface area contributed by atoms with E-state index in [1.54, 1.807) is 0 Å². The molecule has 0 unspecified atom stereocenters. The van der Waals surface area contributed by atoms with Crippen molar-refractivity contribution in [3.63, 3.8) is 0 Å². The second-order valence-corrected chi connectivity index (χ2v) is 6.59. The summed E-state index contributed by atoms with van der Waals surface area (Å²) in [4.78, 5) is 9.69. The van der Waals surface area contributed by atoms with Gasteiger partial charge in [0.15, 0.2) is 0 Å². The second-order valence-electron chi connectivity index (χ2n) is 6.59. The van der Waals surface area contributed by atoms with Gasteiger partial charge in [0, 0.05) is 17.3 Å². The number of aryl methyl sites for hydroxylation is 2. The Bertz CT molecular complexity index is 425. The summed E-state index contributed by atoms with van der Waals surface area (Å²) in [6.07, 6.45) is 9.03. The van der Waals surface area contributed by atoms with E-state index in [9.17, 15) is 0 Å². The van der Waals surface area contributed by atoms with Crippen LogP contribution < -0.4 is 5.32 Å². The maximum absolute atomic E-state index is 4.84. The molecular weight excluding hydrogens is 258 g/mol. The van der Waals surface area contributed by atoms with Crippen molar-refractivity contribution in [1.29, 1.82) is 0 Å². The lowest BCUT2D eigenvalue weighted by Crippen LogP contribution is -2.18. The molecule has 0 saturated heterocycles. The largest absolute Gasteiger partial charge is 0.319 e. The third-order valence-corrected chi connectivity index (χ3v) is 4.97. The lowest BCUT2D eigenvalue weighted by atomic mass is 9.79. The Balaban J connectivity index is 2.04. The molecular formula is C18H31N3. The van der Waals surface area contributed by atoms with Crippen molar-refractivity contribution in [2.24, 2.45) is 5.92 Å². The fourth-order valence-electron chi connectivity index (χ4n) is 3.68. The zero-order valence-corrected chi connectivity index (χ0v) is 14.2. The minimum Gasteiger partial charge on any atom is -0.319 e. The molecule has 1 aromatic rings. The van der Waals surface area contributed by atoms with Gasteiger partial charge in [-0.3, -0.25) is 0 Å². The number of aromatic nitrogens is 2. The van der Waals surface area contributed by atoms with E-state index in [4.69, 9.17) is 9.97 Å². The summed E-state index contributed by atoms with van der Waals surface area (Å²) in [5.74, 6) is 2.64. The van der Waals surface area contributed by atoms with E-state index in [-0.39, 0.29) is 0 Å². The van der Waals surface area contributed by atoms with E-state index in [1.807, 2.05) is 7.05 Å². The molecule has 0 radical (unpaired) electrons. The standard InChI is InChI=1S/C18H31N3/c1-5-6-15-7-9-16(10-8-15)18-20-13(2)17(11-12-19-4)14(3)21-18/h15-16,19H,5-12H2,1-4H3. The monoisotopic (exact) mass is 289 g/mol. The molecule has 21 heavy (non-hydrogen) atoms. The van der Waals surface area contributed by atoms with Crippen LogP contribution in [0, 0.1) is 19.8 Å². The SMILES string of the molecule is CCCC1CCC(c2nc(C)c(CCNC)c(C)n2)CC1. The molecule has 0 spiro atoms. The van der Waals surface area contributed by atoms with Gasteiger partial charge in [0.25, 0.3) is 0 Å². The first-order valence-electron chi connectivity index (χ1n) is 8.64. The van der Waals surface area contributed by atoms with Crippen molar-refractivity contribution in [3.8, 4) is 0 Å². The Morgan fingerprint density at radius 2 is 1.67 bits per heavy atom. The minimum atomic E-state index is 0.592. The smallest absolute Gasteiger partial charge is 0.131 e. The van der Waals surface area contributed by atoms with E-state index in [1.165, 1.54) is 55.5 Å². The van der Waals surface area contributed by atoms with Gasteiger partial charge in [0.05, 0.1) is 0 Å². The lowest BCUT2D eigenvalue weighted by Gasteiger charge is -2.28. The van der Waals surface area contributed by atoms with Gasteiger partial charge in [0.1, 0.15) is 5.82 Å². The van der Waals surface area contributed by atoms with Crippen LogP contribution in [0.5, 0.6) is 0 Å². The zero-order chi connectivity index (χ0) is 15.2. The van der Waals surface area contributed by atoms with Crippen molar-refractivity contribution in [1.82, 2.24) is 15.3 Å². The van der Waals surface area contributed by atoms with Crippen molar-refractivity contribution in [2.45, 2.75) is 71.6 Å². The number of rotatable bonds is 6. The zero-order valence-electron chi connectivity index (χ0n) is 14.2. The van der Waals surface area contributed by atoms with E-state index < -0.39 is 0 Å². The maximum atomic E-state index is 4.84. The minimum absolute atomic E-state index is 0.592. The Morgan fingerprint density at radius 1 is 1.05 bits per heavy atom. The first-order chi connectivity index (χ1) is 10.2. The van der Waals surface area contributed by atoms with Gasteiger partial charge < -0.3 is 5.32 Å². The molecule has 0 aliphatic heterocycles. The summed E-state index contributed by atoms with van der Waals surface area (Å²) in [5.41, 5.74) is 3.69. The number of hydrogen-bond acceptors (Lipinski definition) is 3. The Hall–Kier alpha value is -0.960. The molecule has 1 saturated carbocycles. The molecule has 0 bridgehead atoms. The highest BCUT2D eigenvalue weighted by Crippen LogP contribution is 2.36. The molecule has 3 nitrogen and oxygen atoms in total. The van der Waals surface area contributed by atoms with Crippen LogP contribution in [0.4, 0.5) is 0 Å². The van der Waals surface area contributed by atoms with Crippen LogP contribution in [0.15, 0.2) is 0 Å². The van der Waals surface area contributed by atoms with Gasteiger partial charge in [0.2, 0.25) is 0 Å². The molecule has 118 valence electrons. The Labute approximate surface area is 130 Å².